The number of carbonyl (C=O) groups is 1. The van der Waals surface area contributed by atoms with Gasteiger partial charge in [0.2, 0.25) is 0 Å². The third-order valence-electron chi connectivity index (χ3n) is 4.40. The SMILES string of the molecule is CCOC(=O)Cn1c(-c2ccco2)nc(-c2ccccc2)c1-c1ccccc1. The first-order valence-electron chi connectivity index (χ1n) is 9.18. The molecule has 2 heterocycles. The first-order chi connectivity index (χ1) is 13.8. The zero-order valence-corrected chi connectivity index (χ0v) is 15.5. The van der Waals surface area contributed by atoms with Gasteiger partial charge in [-0.2, -0.15) is 0 Å². The second-order valence-corrected chi connectivity index (χ2v) is 6.23. The molecule has 28 heavy (non-hydrogen) atoms. The smallest absolute Gasteiger partial charge is 0.326 e. The molecule has 140 valence electrons. The number of hydrogen-bond donors (Lipinski definition) is 0. The van der Waals surface area contributed by atoms with E-state index in [1.807, 2.05) is 77.4 Å². The molecule has 5 nitrogen and oxygen atoms in total. The van der Waals surface area contributed by atoms with Gasteiger partial charge in [0.1, 0.15) is 6.54 Å². The summed E-state index contributed by atoms with van der Waals surface area (Å²) in [7, 11) is 0. The van der Waals surface area contributed by atoms with Gasteiger partial charge in [-0.25, -0.2) is 4.98 Å². The molecule has 4 aromatic rings. The van der Waals surface area contributed by atoms with E-state index in [2.05, 4.69) is 0 Å². The number of ether oxygens (including phenoxy) is 1. The lowest BCUT2D eigenvalue weighted by Crippen LogP contribution is -2.15. The van der Waals surface area contributed by atoms with Crippen LogP contribution in [0.25, 0.3) is 34.1 Å². The van der Waals surface area contributed by atoms with E-state index in [4.69, 9.17) is 14.1 Å². The number of imidazole rings is 1. The Bertz CT molecular complexity index is 1050. The van der Waals surface area contributed by atoms with Crippen molar-refractivity contribution in [3.05, 3.63) is 79.1 Å². The lowest BCUT2D eigenvalue weighted by molar-refractivity contribution is -0.143. The van der Waals surface area contributed by atoms with Crippen LogP contribution in [0.3, 0.4) is 0 Å². The van der Waals surface area contributed by atoms with E-state index in [1.54, 1.807) is 13.2 Å². The molecule has 0 N–H and O–H groups in total. The van der Waals surface area contributed by atoms with Gasteiger partial charge in [0.05, 0.1) is 24.3 Å². The molecule has 0 bridgehead atoms. The van der Waals surface area contributed by atoms with Crippen LogP contribution in [-0.2, 0) is 16.1 Å². The number of rotatable bonds is 6. The van der Waals surface area contributed by atoms with Crippen molar-refractivity contribution in [3.8, 4) is 34.1 Å². The zero-order valence-electron chi connectivity index (χ0n) is 15.5. The predicted octanol–water partition coefficient (Wildman–Crippen LogP) is 5.04. The number of carbonyl (C=O) groups excluding carboxylic acids is 1. The fourth-order valence-electron chi connectivity index (χ4n) is 3.22. The molecule has 0 aliphatic heterocycles. The number of benzene rings is 2. The summed E-state index contributed by atoms with van der Waals surface area (Å²) < 4.78 is 12.7. The molecule has 0 aliphatic rings. The highest BCUT2D eigenvalue weighted by Crippen LogP contribution is 2.36. The van der Waals surface area contributed by atoms with Gasteiger partial charge in [-0.05, 0) is 19.1 Å². The Balaban J connectivity index is 1.97. The minimum atomic E-state index is -0.315. The van der Waals surface area contributed by atoms with E-state index >= 15 is 0 Å². The highest BCUT2D eigenvalue weighted by Gasteiger charge is 2.24. The standard InChI is InChI=1S/C23H20N2O3/c1-2-27-20(26)16-25-22(18-12-7-4-8-13-18)21(17-10-5-3-6-11-17)24-23(25)19-14-9-15-28-19/h3-15H,2,16H2,1H3. The maximum absolute atomic E-state index is 12.4. The maximum atomic E-state index is 12.4. The molecule has 2 aromatic heterocycles. The summed E-state index contributed by atoms with van der Waals surface area (Å²) >= 11 is 0. The molecule has 2 aromatic carbocycles. The molecular formula is C23H20N2O3. The number of furan rings is 1. The highest BCUT2D eigenvalue weighted by molar-refractivity contribution is 5.83. The summed E-state index contributed by atoms with van der Waals surface area (Å²) in [5.41, 5.74) is 3.58. The largest absolute Gasteiger partial charge is 0.465 e. The van der Waals surface area contributed by atoms with Crippen molar-refractivity contribution in [2.24, 2.45) is 0 Å². The third kappa shape index (κ3) is 3.47. The predicted molar refractivity (Wildman–Crippen MR) is 107 cm³/mol. The monoisotopic (exact) mass is 372 g/mol. The van der Waals surface area contributed by atoms with Crippen LogP contribution in [0.1, 0.15) is 6.92 Å². The lowest BCUT2D eigenvalue weighted by atomic mass is 10.0. The summed E-state index contributed by atoms with van der Waals surface area (Å²) in [6.45, 7) is 2.18. The summed E-state index contributed by atoms with van der Waals surface area (Å²) in [5, 5.41) is 0. The molecule has 0 saturated heterocycles. The Labute approximate surface area is 163 Å². The molecule has 0 aliphatic carbocycles. The molecule has 5 heteroatoms. The molecule has 0 unspecified atom stereocenters. The van der Waals surface area contributed by atoms with Crippen LogP contribution in [0.2, 0.25) is 0 Å². The van der Waals surface area contributed by atoms with Crippen molar-refractivity contribution in [2.75, 3.05) is 6.61 Å². The summed E-state index contributed by atoms with van der Waals surface area (Å²) in [4.78, 5) is 17.2. The topological polar surface area (TPSA) is 57.3 Å². The van der Waals surface area contributed by atoms with Gasteiger partial charge in [0, 0.05) is 11.1 Å². The number of hydrogen-bond acceptors (Lipinski definition) is 4. The van der Waals surface area contributed by atoms with Gasteiger partial charge in [0.25, 0.3) is 0 Å². The van der Waals surface area contributed by atoms with Gasteiger partial charge in [0.15, 0.2) is 11.6 Å². The second kappa shape index (κ2) is 7.96. The fraction of sp³-hybridized carbons (Fsp3) is 0.130. The third-order valence-corrected chi connectivity index (χ3v) is 4.40. The Morgan fingerprint density at radius 1 is 0.964 bits per heavy atom. The minimum absolute atomic E-state index is 0.0495. The molecule has 0 fully saturated rings. The van der Waals surface area contributed by atoms with Gasteiger partial charge in [-0.3, -0.25) is 4.79 Å². The van der Waals surface area contributed by atoms with Crippen molar-refractivity contribution in [2.45, 2.75) is 13.5 Å². The van der Waals surface area contributed by atoms with Gasteiger partial charge in [-0.15, -0.1) is 0 Å². The van der Waals surface area contributed by atoms with Crippen LogP contribution >= 0.6 is 0 Å². The molecule has 0 atom stereocenters. The summed E-state index contributed by atoms with van der Waals surface area (Å²) in [6, 6.07) is 23.5. The van der Waals surface area contributed by atoms with Crippen molar-refractivity contribution >= 4 is 5.97 Å². The van der Waals surface area contributed by atoms with Crippen LogP contribution in [-0.4, -0.2) is 22.1 Å². The Kier molecular flexibility index (Phi) is 5.06. The molecule has 4 rings (SSSR count). The minimum Gasteiger partial charge on any atom is -0.465 e. The second-order valence-electron chi connectivity index (χ2n) is 6.23. The van der Waals surface area contributed by atoms with Crippen LogP contribution < -0.4 is 0 Å². The molecule has 0 saturated carbocycles. The van der Waals surface area contributed by atoms with Crippen LogP contribution in [0, 0.1) is 0 Å². The first-order valence-corrected chi connectivity index (χ1v) is 9.18. The van der Waals surface area contributed by atoms with E-state index in [1.165, 1.54) is 0 Å². The number of esters is 1. The van der Waals surface area contributed by atoms with Crippen molar-refractivity contribution in [1.82, 2.24) is 9.55 Å². The van der Waals surface area contributed by atoms with Gasteiger partial charge >= 0.3 is 5.97 Å². The van der Waals surface area contributed by atoms with E-state index in [0.29, 0.717) is 18.2 Å². The highest BCUT2D eigenvalue weighted by atomic mass is 16.5. The lowest BCUT2D eigenvalue weighted by Gasteiger charge is -2.12. The molecular weight excluding hydrogens is 352 g/mol. The molecule has 0 amide bonds. The van der Waals surface area contributed by atoms with E-state index < -0.39 is 0 Å². The number of nitrogens with zero attached hydrogens (tertiary/aromatic N) is 2. The Morgan fingerprint density at radius 2 is 1.64 bits per heavy atom. The molecule has 0 radical (unpaired) electrons. The zero-order chi connectivity index (χ0) is 19.3. The summed E-state index contributed by atoms with van der Waals surface area (Å²) in [6.07, 6.45) is 1.60. The normalized spacial score (nSPS) is 10.8. The van der Waals surface area contributed by atoms with Crippen LogP contribution in [0.4, 0.5) is 0 Å². The van der Waals surface area contributed by atoms with Crippen LogP contribution in [0.15, 0.2) is 83.5 Å². The van der Waals surface area contributed by atoms with E-state index in [-0.39, 0.29) is 12.5 Å². The van der Waals surface area contributed by atoms with Crippen LogP contribution in [0.5, 0.6) is 0 Å². The van der Waals surface area contributed by atoms with Crippen molar-refractivity contribution < 1.29 is 13.9 Å². The van der Waals surface area contributed by atoms with Crippen molar-refractivity contribution in [1.29, 1.82) is 0 Å². The summed E-state index contributed by atoms with van der Waals surface area (Å²) in [5.74, 6) is 0.879. The first kappa shape index (κ1) is 17.8. The Morgan fingerprint density at radius 3 is 2.25 bits per heavy atom. The van der Waals surface area contributed by atoms with Gasteiger partial charge in [-0.1, -0.05) is 60.7 Å². The number of aromatic nitrogens is 2. The quantitative estimate of drug-likeness (QED) is 0.445. The maximum Gasteiger partial charge on any atom is 0.326 e. The van der Waals surface area contributed by atoms with E-state index in [0.717, 1.165) is 22.5 Å². The molecule has 0 spiro atoms. The van der Waals surface area contributed by atoms with E-state index in [9.17, 15) is 4.79 Å². The van der Waals surface area contributed by atoms with Crippen molar-refractivity contribution in [3.63, 3.8) is 0 Å². The Hall–Kier alpha value is -3.60. The fourth-order valence-corrected chi connectivity index (χ4v) is 3.22. The average Bonchev–Trinajstić information content (AvgIpc) is 3.37. The average molecular weight is 372 g/mol. The van der Waals surface area contributed by atoms with Gasteiger partial charge < -0.3 is 13.7 Å².